The fourth-order valence-corrected chi connectivity index (χ4v) is 5.85. The molecule has 1 fully saturated rings. The number of ether oxygens (including phenoxy) is 1. The molecule has 1 aliphatic rings. The van der Waals surface area contributed by atoms with Crippen molar-refractivity contribution in [3.8, 4) is 0 Å². The van der Waals surface area contributed by atoms with Crippen molar-refractivity contribution in [1.82, 2.24) is 9.78 Å². The highest BCUT2D eigenvalue weighted by atomic mass is 35.5. The van der Waals surface area contributed by atoms with Gasteiger partial charge in [-0.3, -0.25) is 9.40 Å². The minimum absolute atomic E-state index is 0.0300. The number of hydrogen-bond acceptors (Lipinski definition) is 6. The number of thiophene rings is 1. The summed E-state index contributed by atoms with van der Waals surface area (Å²) < 4.78 is 34.6. The molecule has 0 spiro atoms. The molecule has 7 nitrogen and oxygen atoms in total. The fourth-order valence-electron chi connectivity index (χ4n) is 3.22. The second kappa shape index (κ2) is 7.38. The Morgan fingerprint density at radius 1 is 1.39 bits per heavy atom. The zero-order chi connectivity index (χ0) is 19.9. The van der Waals surface area contributed by atoms with Gasteiger partial charge in [0.2, 0.25) is 0 Å². The summed E-state index contributed by atoms with van der Waals surface area (Å²) in [5.41, 5.74) is 1.21. The third kappa shape index (κ3) is 3.49. The lowest BCUT2D eigenvalue weighted by Gasteiger charge is -2.25. The maximum Gasteiger partial charge on any atom is 0.349 e. The molecule has 0 amide bonds. The Bertz CT molecular complexity index is 1150. The van der Waals surface area contributed by atoms with Gasteiger partial charge in [-0.1, -0.05) is 18.0 Å². The van der Waals surface area contributed by atoms with Crippen LogP contribution in [0.1, 0.15) is 28.9 Å². The summed E-state index contributed by atoms with van der Waals surface area (Å²) in [7, 11) is -2.74. The largest absolute Gasteiger partial charge is 0.465 e. The Hall–Kier alpha value is -2.10. The number of methoxy groups -OCH3 is 1. The topological polar surface area (TPSA) is 90.3 Å². The number of hydrogen-bond donors (Lipinski definition) is 1. The monoisotopic (exact) mass is 439 g/mol. The molecule has 28 heavy (non-hydrogen) atoms. The van der Waals surface area contributed by atoms with Crippen LogP contribution in [0.2, 0.25) is 5.15 Å². The molecule has 0 aliphatic heterocycles. The van der Waals surface area contributed by atoms with Gasteiger partial charge < -0.3 is 4.74 Å². The first-order valence-electron chi connectivity index (χ1n) is 8.74. The molecular formula is C18H18ClN3O4S2. The van der Waals surface area contributed by atoms with Crippen LogP contribution in [0.3, 0.4) is 0 Å². The molecule has 4 rings (SSSR count). The van der Waals surface area contributed by atoms with Crippen molar-refractivity contribution in [1.29, 1.82) is 0 Å². The van der Waals surface area contributed by atoms with Crippen molar-refractivity contribution < 1.29 is 17.9 Å². The maximum atomic E-state index is 12.8. The van der Waals surface area contributed by atoms with Gasteiger partial charge in [0, 0.05) is 17.6 Å². The molecule has 3 aromatic rings. The summed E-state index contributed by atoms with van der Waals surface area (Å²) >= 11 is 7.30. The summed E-state index contributed by atoms with van der Waals surface area (Å²) in [6.07, 6.45) is 3.64. The predicted molar refractivity (Wildman–Crippen MR) is 109 cm³/mol. The highest BCUT2D eigenvalue weighted by Crippen LogP contribution is 2.32. The number of aromatic nitrogens is 2. The number of sulfonamides is 1. The van der Waals surface area contributed by atoms with Gasteiger partial charge in [0.25, 0.3) is 10.0 Å². The van der Waals surface area contributed by atoms with Gasteiger partial charge in [0.05, 0.1) is 12.6 Å². The lowest BCUT2D eigenvalue weighted by atomic mass is 9.85. The van der Waals surface area contributed by atoms with E-state index in [2.05, 4.69) is 14.6 Å². The highest BCUT2D eigenvalue weighted by Gasteiger charge is 2.25. The van der Waals surface area contributed by atoms with Crippen molar-refractivity contribution in [2.75, 3.05) is 11.8 Å². The van der Waals surface area contributed by atoms with Gasteiger partial charge in [-0.25, -0.2) is 13.2 Å². The predicted octanol–water partition coefficient (Wildman–Crippen LogP) is 4.14. The third-order valence-electron chi connectivity index (χ3n) is 4.90. The molecule has 1 saturated carbocycles. The number of esters is 1. The third-order valence-corrected chi connectivity index (χ3v) is 7.63. The van der Waals surface area contributed by atoms with E-state index in [9.17, 15) is 13.2 Å². The minimum atomic E-state index is -3.95. The van der Waals surface area contributed by atoms with Gasteiger partial charge >= 0.3 is 5.97 Å². The number of nitrogens with zero attached hydrogens (tertiary/aromatic N) is 2. The van der Waals surface area contributed by atoms with Gasteiger partial charge in [0.1, 0.15) is 9.77 Å². The van der Waals surface area contributed by atoms with E-state index in [0.717, 1.165) is 23.4 Å². The Labute approximate surface area is 171 Å². The summed E-state index contributed by atoms with van der Waals surface area (Å²) in [4.78, 5) is 11.7. The molecular weight excluding hydrogens is 422 g/mol. The van der Waals surface area contributed by atoms with Crippen molar-refractivity contribution in [3.63, 3.8) is 0 Å². The molecule has 1 N–H and O–H groups in total. The average molecular weight is 440 g/mol. The summed E-state index contributed by atoms with van der Waals surface area (Å²) in [5.74, 6) is -0.0705. The molecule has 0 radical (unpaired) electrons. The molecule has 1 aromatic carbocycles. The summed E-state index contributed by atoms with van der Waals surface area (Å²) in [6, 6.07) is 6.50. The molecule has 0 unspecified atom stereocenters. The first-order chi connectivity index (χ1) is 13.4. The quantitative estimate of drug-likeness (QED) is 0.583. The normalized spacial score (nSPS) is 14.8. The number of carbonyl (C=O) groups is 1. The van der Waals surface area contributed by atoms with Crippen LogP contribution in [-0.2, 0) is 21.3 Å². The Morgan fingerprint density at radius 2 is 2.18 bits per heavy atom. The van der Waals surface area contributed by atoms with Crippen molar-refractivity contribution in [2.24, 2.45) is 5.92 Å². The lowest BCUT2D eigenvalue weighted by Crippen LogP contribution is -2.18. The number of nitrogens with one attached hydrogen (secondary N) is 1. The molecule has 0 saturated heterocycles. The van der Waals surface area contributed by atoms with Crippen molar-refractivity contribution in [2.45, 2.75) is 30.7 Å². The van der Waals surface area contributed by atoms with E-state index >= 15 is 0 Å². The number of halogens is 1. The zero-order valence-corrected chi connectivity index (χ0v) is 17.4. The van der Waals surface area contributed by atoms with Crippen LogP contribution in [0.5, 0.6) is 0 Å². The second-order valence-corrected chi connectivity index (χ2v) is 9.64. The number of fused-ring (bicyclic) bond motifs is 1. The lowest BCUT2D eigenvalue weighted by molar-refractivity contribution is 0.0602. The standard InChI is InChI=1S/C18H18ClN3O4S2/c1-26-18(23)16-15(7-8-27-16)28(24,25)21-12-5-6-14-13(9-12)17(19)20-22(14)10-11-3-2-4-11/h5-9,11,21H,2-4,10H2,1H3. The fraction of sp³-hybridized carbons (Fsp3) is 0.333. The van der Waals surface area contributed by atoms with Crippen molar-refractivity contribution >= 4 is 55.5 Å². The van der Waals surface area contributed by atoms with E-state index in [1.54, 1.807) is 18.2 Å². The molecule has 148 valence electrons. The van der Waals surface area contributed by atoms with Gasteiger partial charge in [-0.15, -0.1) is 11.3 Å². The Balaban J connectivity index is 1.64. The van der Waals surface area contributed by atoms with E-state index in [1.165, 1.54) is 37.8 Å². The summed E-state index contributed by atoms with van der Waals surface area (Å²) in [6.45, 7) is 0.811. The minimum Gasteiger partial charge on any atom is -0.465 e. The highest BCUT2D eigenvalue weighted by molar-refractivity contribution is 7.93. The average Bonchev–Trinajstić information content (AvgIpc) is 3.23. The molecule has 0 bridgehead atoms. The van der Waals surface area contributed by atoms with Crippen LogP contribution < -0.4 is 4.72 Å². The van der Waals surface area contributed by atoms with Crippen LogP contribution in [0, 0.1) is 5.92 Å². The van der Waals surface area contributed by atoms with Crippen molar-refractivity contribution in [3.05, 3.63) is 39.7 Å². The maximum absolute atomic E-state index is 12.8. The van der Waals surface area contributed by atoms with Gasteiger partial charge in [0.15, 0.2) is 5.15 Å². The van der Waals surface area contributed by atoms with E-state index in [4.69, 9.17) is 11.6 Å². The molecule has 10 heteroatoms. The number of benzene rings is 1. The molecule has 2 aromatic heterocycles. The van der Waals surface area contributed by atoms with E-state index in [-0.39, 0.29) is 9.77 Å². The first-order valence-corrected chi connectivity index (χ1v) is 11.5. The zero-order valence-electron chi connectivity index (χ0n) is 15.0. The van der Waals surface area contributed by atoms with Crippen LogP contribution in [-0.4, -0.2) is 31.3 Å². The summed E-state index contributed by atoms with van der Waals surface area (Å²) in [5, 5.41) is 6.94. The van der Waals surface area contributed by atoms with Crippen LogP contribution in [0.15, 0.2) is 34.5 Å². The Morgan fingerprint density at radius 3 is 2.86 bits per heavy atom. The van der Waals surface area contributed by atoms with E-state index < -0.39 is 16.0 Å². The first kappa shape index (κ1) is 19.2. The van der Waals surface area contributed by atoms with Crippen LogP contribution in [0.4, 0.5) is 5.69 Å². The number of anilines is 1. The SMILES string of the molecule is COC(=O)c1sccc1S(=O)(=O)Nc1ccc2c(c1)c(Cl)nn2CC1CCC1. The smallest absolute Gasteiger partial charge is 0.349 e. The van der Waals surface area contributed by atoms with Crippen LogP contribution in [0.25, 0.3) is 10.9 Å². The number of rotatable bonds is 6. The Kier molecular flexibility index (Phi) is 5.07. The molecule has 2 heterocycles. The van der Waals surface area contributed by atoms with Crippen LogP contribution >= 0.6 is 22.9 Å². The van der Waals surface area contributed by atoms with E-state index in [0.29, 0.717) is 22.1 Å². The number of carbonyl (C=O) groups excluding carboxylic acids is 1. The second-order valence-electron chi connectivity index (χ2n) is 6.71. The van der Waals surface area contributed by atoms with Gasteiger partial charge in [-0.05, 0) is 48.4 Å². The van der Waals surface area contributed by atoms with Gasteiger partial charge in [-0.2, -0.15) is 5.10 Å². The molecule has 1 aliphatic carbocycles. The molecule has 0 atom stereocenters. The van der Waals surface area contributed by atoms with E-state index in [1.807, 2.05) is 4.68 Å².